The van der Waals surface area contributed by atoms with Gasteiger partial charge in [0.2, 0.25) is 0 Å². The Morgan fingerprint density at radius 3 is 2.17 bits per heavy atom. The molecule has 0 heterocycles. The molecule has 3 fully saturated rings. The smallest absolute Gasteiger partial charge is 0.00683 e. The summed E-state index contributed by atoms with van der Waals surface area (Å²) < 4.78 is 0. The summed E-state index contributed by atoms with van der Waals surface area (Å²) in [6, 6.07) is 0.905. The fourth-order valence-electron chi connectivity index (χ4n) is 4.10. The van der Waals surface area contributed by atoms with Crippen molar-refractivity contribution >= 4 is 0 Å². The van der Waals surface area contributed by atoms with Crippen LogP contribution in [0.4, 0.5) is 0 Å². The van der Waals surface area contributed by atoms with Crippen molar-refractivity contribution in [1.82, 2.24) is 5.32 Å². The Morgan fingerprint density at radius 2 is 1.61 bits per heavy atom. The summed E-state index contributed by atoms with van der Waals surface area (Å²) in [6.45, 7) is 8.61. The molecule has 0 spiro atoms. The predicted molar refractivity (Wildman–Crippen MR) is 77.5 cm³/mol. The first-order valence-electron chi connectivity index (χ1n) is 8.27. The average molecular weight is 249 g/mol. The van der Waals surface area contributed by atoms with Gasteiger partial charge in [0, 0.05) is 6.04 Å². The molecule has 0 aromatic carbocycles. The van der Waals surface area contributed by atoms with Crippen molar-refractivity contribution in [3.05, 3.63) is 0 Å². The molecule has 2 unspecified atom stereocenters. The third-order valence-electron chi connectivity index (χ3n) is 5.83. The zero-order chi connectivity index (χ0) is 12.8. The van der Waals surface area contributed by atoms with Crippen LogP contribution in [-0.4, -0.2) is 12.6 Å². The molecule has 2 atom stereocenters. The average Bonchev–Trinajstić information content (AvgIpc) is 3.20. The fraction of sp³-hybridized carbons (Fsp3) is 1.00. The van der Waals surface area contributed by atoms with E-state index >= 15 is 0 Å². The molecule has 1 N–H and O–H groups in total. The van der Waals surface area contributed by atoms with Gasteiger partial charge in [-0.2, -0.15) is 0 Å². The lowest BCUT2D eigenvalue weighted by Crippen LogP contribution is -2.27. The molecule has 3 aliphatic rings. The van der Waals surface area contributed by atoms with Gasteiger partial charge in [0.25, 0.3) is 0 Å². The van der Waals surface area contributed by atoms with Crippen LogP contribution in [0.15, 0.2) is 0 Å². The van der Waals surface area contributed by atoms with Gasteiger partial charge in [-0.15, -0.1) is 0 Å². The molecule has 1 nitrogen and oxygen atoms in total. The second kappa shape index (κ2) is 4.81. The molecule has 0 amide bonds. The van der Waals surface area contributed by atoms with E-state index in [-0.39, 0.29) is 0 Å². The predicted octanol–water partition coefficient (Wildman–Crippen LogP) is 4.23. The lowest BCUT2D eigenvalue weighted by molar-refractivity contribution is 0.139. The van der Waals surface area contributed by atoms with Crippen molar-refractivity contribution < 1.29 is 0 Å². The highest BCUT2D eigenvalue weighted by Crippen LogP contribution is 2.51. The van der Waals surface area contributed by atoms with Crippen LogP contribution in [0.3, 0.4) is 0 Å². The normalized spacial score (nSPS) is 40.8. The first kappa shape index (κ1) is 13.0. The highest BCUT2D eigenvalue weighted by molar-refractivity contribution is 4.96. The fourth-order valence-corrected chi connectivity index (χ4v) is 4.10. The largest absolute Gasteiger partial charge is 0.314 e. The van der Waals surface area contributed by atoms with E-state index in [9.17, 15) is 0 Å². The Kier molecular flexibility index (Phi) is 3.47. The molecular weight excluding hydrogens is 218 g/mol. The molecule has 0 aliphatic heterocycles. The Bertz CT molecular complexity index is 278. The summed E-state index contributed by atoms with van der Waals surface area (Å²) >= 11 is 0. The maximum atomic E-state index is 3.72. The van der Waals surface area contributed by atoms with E-state index in [1.165, 1.54) is 51.5 Å². The van der Waals surface area contributed by atoms with Crippen molar-refractivity contribution in [2.24, 2.45) is 29.1 Å². The van der Waals surface area contributed by atoms with Gasteiger partial charge in [-0.1, -0.05) is 20.8 Å². The van der Waals surface area contributed by atoms with Crippen LogP contribution in [0, 0.1) is 29.1 Å². The SMILES string of the molecule is CC(C)(C)C1CCC(C2CC2CNC2CC2)CC1. The minimum atomic E-state index is 0.543. The Labute approximate surface area is 113 Å². The van der Waals surface area contributed by atoms with Crippen molar-refractivity contribution in [2.45, 2.75) is 71.8 Å². The molecule has 0 aromatic heterocycles. The molecule has 0 bridgehead atoms. The summed E-state index contributed by atoms with van der Waals surface area (Å²) in [6.07, 6.45) is 10.4. The van der Waals surface area contributed by atoms with Crippen LogP contribution in [0.5, 0.6) is 0 Å². The summed E-state index contributed by atoms with van der Waals surface area (Å²) in [7, 11) is 0. The van der Waals surface area contributed by atoms with Gasteiger partial charge in [-0.3, -0.25) is 0 Å². The van der Waals surface area contributed by atoms with Gasteiger partial charge >= 0.3 is 0 Å². The second-order valence-corrected chi connectivity index (χ2v) is 8.32. The maximum absolute atomic E-state index is 3.72. The molecule has 3 aliphatic carbocycles. The van der Waals surface area contributed by atoms with E-state index in [0.717, 1.165) is 29.7 Å². The van der Waals surface area contributed by atoms with E-state index in [2.05, 4.69) is 26.1 Å². The first-order valence-corrected chi connectivity index (χ1v) is 8.27. The van der Waals surface area contributed by atoms with E-state index < -0.39 is 0 Å². The van der Waals surface area contributed by atoms with Crippen LogP contribution in [-0.2, 0) is 0 Å². The van der Waals surface area contributed by atoms with Crippen molar-refractivity contribution in [1.29, 1.82) is 0 Å². The van der Waals surface area contributed by atoms with E-state index in [0.29, 0.717) is 5.41 Å². The molecule has 0 radical (unpaired) electrons. The molecule has 104 valence electrons. The molecule has 3 saturated carbocycles. The highest BCUT2D eigenvalue weighted by Gasteiger charge is 2.44. The molecule has 18 heavy (non-hydrogen) atoms. The van der Waals surface area contributed by atoms with Crippen molar-refractivity contribution in [2.75, 3.05) is 6.54 Å². The molecular formula is C17H31N. The lowest BCUT2D eigenvalue weighted by atomic mass is 9.69. The van der Waals surface area contributed by atoms with Gasteiger partial charge in [0.15, 0.2) is 0 Å². The highest BCUT2D eigenvalue weighted by atomic mass is 15.0. The van der Waals surface area contributed by atoms with Crippen molar-refractivity contribution in [3.8, 4) is 0 Å². The molecule has 1 heteroatoms. The second-order valence-electron chi connectivity index (χ2n) is 8.32. The molecule has 3 rings (SSSR count). The van der Waals surface area contributed by atoms with Gasteiger partial charge in [0.1, 0.15) is 0 Å². The molecule has 0 saturated heterocycles. The zero-order valence-corrected chi connectivity index (χ0v) is 12.5. The quantitative estimate of drug-likeness (QED) is 0.786. The minimum absolute atomic E-state index is 0.543. The van der Waals surface area contributed by atoms with Crippen LogP contribution >= 0.6 is 0 Å². The monoisotopic (exact) mass is 249 g/mol. The summed E-state index contributed by atoms with van der Waals surface area (Å²) in [5.74, 6) is 4.20. The van der Waals surface area contributed by atoms with Crippen LogP contribution in [0.2, 0.25) is 0 Å². The van der Waals surface area contributed by atoms with Gasteiger partial charge in [0.05, 0.1) is 0 Å². The minimum Gasteiger partial charge on any atom is -0.314 e. The Morgan fingerprint density at radius 1 is 0.944 bits per heavy atom. The summed E-state index contributed by atoms with van der Waals surface area (Å²) in [4.78, 5) is 0. The first-order chi connectivity index (χ1) is 8.54. The van der Waals surface area contributed by atoms with E-state index in [1.807, 2.05) is 0 Å². The topological polar surface area (TPSA) is 12.0 Å². The third-order valence-corrected chi connectivity index (χ3v) is 5.83. The third kappa shape index (κ3) is 3.10. The lowest BCUT2D eigenvalue weighted by Gasteiger charge is -2.37. The van der Waals surface area contributed by atoms with Gasteiger partial charge in [-0.25, -0.2) is 0 Å². The number of hydrogen-bond donors (Lipinski definition) is 1. The number of hydrogen-bond acceptors (Lipinski definition) is 1. The van der Waals surface area contributed by atoms with E-state index in [4.69, 9.17) is 0 Å². The van der Waals surface area contributed by atoms with Crippen LogP contribution in [0.25, 0.3) is 0 Å². The molecule has 0 aromatic rings. The standard InChI is InChI=1S/C17H31N/c1-17(2,3)14-6-4-12(5-7-14)16-10-13(16)11-18-15-8-9-15/h12-16,18H,4-11H2,1-3H3. The van der Waals surface area contributed by atoms with E-state index in [1.54, 1.807) is 0 Å². The van der Waals surface area contributed by atoms with Crippen LogP contribution in [0.1, 0.15) is 65.7 Å². The maximum Gasteiger partial charge on any atom is 0.00683 e. The van der Waals surface area contributed by atoms with Gasteiger partial charge in [-0.05, 0) is 80.6 Å². The summed E-state index contributed by atoms with van der Waals surface area (Å²) in [5, 5.41) is 3.72. The number of rotatable bonds is 4. The van der Waals surface area contributed by atoms with Gasteiger partial charge < -0.3 is 5.32 Å². The Hall–Kier alpha value is -0.0400. The number of nitrogens with one attached hydrogen (secondary N) is 1. The van der Waals surface area contributed by atoms with Crippen LogP contribution < -0.4 is 5.32 Å². The zero-order valence-electron chi connectivity index (χ0n) is 12.5. The Balaban J connectivity index is 1.38. The van der Waals surface area contributed by atoms with Crippen molar-refractivity contribution in [3.63, 3.8) is 0 Å². The summed E-state index contributed by atoms with van der Waals surface area (Å²) in [5.41, 5.74) is 0.543.